The number of amides is 1. The molecule has 0 unspecified atom stereocenters. The van der Waals surface area contributed by atoms with E-state index in [0.717, 1.165) is 12.1 Å². The van der Waals surface area contributed by atoms with E-state index in [9.17, 15) is 13.6 Å². The van der Waals surface area contributed by atoms with Crippen molar-refractivity contribution in [1.29, 1.82) is 0 Å². The van der Waals surface area contributed by atoms with E-state index in [4.69, 9.17) is 17.3 Å². The third kappa shape index (κ3) is 2.36. The summed E-state index contributed by atoms with van der Waals surface area (Å²) in [6, 6.07) is 8.38. The number of halogens is 3. The van der Waals surface area contributed by atoms with Gasteiger partial charge in [-0.05, 0) is 35.9 Å². The Morgan fingerprint density at radius 1 is 1.10 bits per heavy atom. The van der Waals surface area contributed by atoms with Gasteiger partial charge < -0.3 is 10.7 Å². The molecule has 3 N–H and O–H groups in total. The van der Waals surface area contributed by atoms with Gasteiger partial charge in [0.25, 0.3) is 5.91 Å². The van der Waals surface area contributed by atoms with Crippen LogP contribution in [0.25, 0.3) is 22.0 Å². The molecule has 0 aliphatic heterocycles. The van der Waals surface area contributed by atoms with Crippen LogP contribution in [0.1, 0.15) is 10.5 Å². The van der Waals surface area contributed by atoms with Crippen LogP contribution in [0.15, 0.2) is 36.4 Å². The molecule has 106 valence electrons. The van der Waals surface area contributed by atoms with E-state index in [2.05, 4.69) is 4.98 Å². The highest BCUT2D eigenvalue weighted by Crippen LogP contribution is 2.32. The normalized spacial score (nSPS) is 11.0. The highest BCUT2D eigenvalue weighted by Gasteiger charge is 2.13. The minimum Gasteiger partial charge on any atom is -0.364 e. The van der Waals surface area contributed by atoms with E-state index in [0.29, 0.717) is 27.1 Å². The Balaban J connectivity index is 2.29. The molecule has 1 amide bonds. The number of carbonyl (C=O) groups excluding carboxylic acids is 1. The molecule has 0 atom stereocenters. The Hall–Kier alpha value is -2.40. The van der Waals surface area contributed by atoms with Gasteiger partial charge in [0.1, 0.15) is 5.69 Å². The summed E-state index contributed by atoms with van der Waals surface area (Å²) in [5.74, 6) is -2.50. The second-order valence-corrected chi connectivity index (χ2v) is 5.03. The van der Waals surface area contributed by atoms with Crippen molar-refractivity contribution in [3.8, 4) is 11.1 Å². The Kier molecular flexibility index (Phi) is 3.14. The number of primary amides is 1. The maximum absolute atomic E-state index is 13.4. The lowest BCUT2D eigenvalue weighted by atomic mass is 10.0. The maximum atomic E-state index is 13.4. The van der Waals surface area contributed by atoms with Gasteiger partial charge in [-0.1, -0.05) is 17.7 Å². The summed E-state index contributed by atoms with van der Waals surface area (Å²) in [4.78, 5) is 14.1. The minimum absolute atomic E-state index is 0.219. The molecule has 0 radical (unpaired) electrons. The standard InChI is InChI=1S/C15H9ClF2N2O/c16-9-3-8-5-13(15(19)21)20-14(8)10(6-9)7-1-2-11(17)12(18)4-7/h1-6,20H,(H2,19,21). The first-order valence-corrected chi connectivity index (χ1v) is 6.41. The molecule has 0 bridgehead atoms. The van der Waals surface area contributed by atoms with Gasteiger partial charge in [0, 0.05) is 16.0 Å². The van der Waals surface area contributed by atoms with Crippen LogP contribution < -0.4 is 5.73 Å². The number of H-pyrrole nitrogens is 1. The van der Waals surface area contributed by atoms with E-state index >= 15 is 0 Å². The molecular weight excluding hydrogens is 298 g/mol. The number of aromatic nitrogens is 1. The van der Waals surface area contributed by atoms with Crippen LogP contribution >= 0.6 is 11.6 Å². The fourth-order valence-corrected chi connectivity index (χ4v) is 2.46. The van der Waals surface area contributed by atoms with E-state index in [1.807, 2.05) is 0 Å². The smallest absolute Gasteiger partial charge is 0.265 e. The Morgan fingerprint density at radius 3 is 2.52 bits per heavy atom. The highest BCUT2D eigenvalue weighted by atomic mass is 35.5. The molecule has 0 saturated heterocycles. The third-order valence-electron chi connectivity index (χ3n) is 3.19. The van der Waals surface area contributed by atoms with Crippen LogP contribution in [0.4, 0.5) is 8.78 Å². The molecule has 3 rings (SSSR count). The van der Waals surface area contributed by atoms with Crippen LogP contribution in [-0.2, 0) is 0 Å². The first kappa shape index (κ1) is 13.6. The largest absolute Gasteiger partial charge is 0.364 e. The highest BCUT2D eigenvalue weighted by molar-refractivity contribution is 6.32. The number of nitrogens with two attached hydrogens (primary N) is 1. The number of nitrogens with one attached hydrogen (secondary N) is 1. The summed E-state index contributed by atoms with van der Waals surface area (Å²) in [6.45, 7) is 0. The summed E-state index contributed by atoms with van der Waals surface area (Å²) >= 11 is 6.04. The molecule has 0 fully saturated rings. The van der Waals surface area contributed by atoms with E-state index in [1.165, 1.54) is 6.07 Å². The van der Waals surface area contributed by atoms with Gasteiger partial charge >= 0.3 is 0 Å². The molecule has 3 aromatic rings. The monoisotopic (exact) mass is 306 g/mol. The quantitative estimate of drug-likeness (QED) is 0.742. The molecule has 21 heavy (non-hydrogen) atoms. The van der Waals surface area contributed by atoms with Crippen molar-refractivity contribution in [2.24, 2.45) is 5.73 Å². The van der Waals surface area contributed by atoms with Crippen LogP contribution in [0.5, 0.6) is 0 Å². The van der Waals surface area contributed by atoms with Gasteiger partial charge in [0.15, 0.2) is 11.6 Å². The molecule has 0 saturated carbocycles. The van der Waals surface area contributed by atoms with Gasteiger partial charge in [-0.15, -0.1) is 0 Å². The second kappa shape index (κ2) is 4.86. The van der Waals surface area contributed by atoms with Gasteiger partial charge in [-0.25, -0.2) is 8.78 Å². The van der Waals surface area contributed by atoms with Crippen molar-refractivity contribution in [2.45, 2.75) is 0 Å². The molecule has 0 spiro atoms. The first-order chi connectivity index (χ1) is 9.95. The average molecular weight is 307 g/mol. The fraction of sp³-hybridized carbons (Fsp3) is 0. The van der Waals surface area contributed by atoms with E-state index in [-0.39, 0.29) is 5.69 Å². The van der Waals surface area contributed by atoms with Crippen molar-refractivity contribution < 1.29 is 13.6 Å². The SMILES string of the molecule is NC(=O)c1cc2cc(Cl)cc(-c3ccc(F)c(F)c3)c2[nH]1. The molecule has 1 aromatic heterocycles. The van der Waals surface area contributed by atoms with E-state index < -0.39 is 17.5 Å². The van der Waals surface area contributed by atoms with Crippen LogP contribution in [0.2, 0.25) is 5.02 Å². The third-order valence-corrected chi connectivity index (χ3v) is 3.41. The molecule has 0 aliphatic rings. The molecule has 0 aliphatic carbocycles. The number of carbonyl (C=O) groups is 1. The molecular formula is C15H9ClF2N2O. The summed E-state index contributed by atoms with van der Waals surface area (Å²) in [7, 11) is 0. The van der Waals surface area contributed by atoms with Gasteiger partial charge in [0.2, 0.25) is 0 Å². The topological polar surface area (TPSA) is 58.9 Å². The van der Waals surface area contributed by atoms with Crippen molar-refractivity contribution in [3.63, 3.8) is 0 Å². The zero-order valence-corrected chi connectivity index (χ0v) is 11.3. The molecule has 2 aromatic carbocycles. The maximum Gasteiger partial charge on any atom is 0.265 e. The number of hydrogen-bond acceptors (Lipinski definition) is 1. The lowest BCUT2D eigenvalue weighted by Gasteiger charge is -2.05. The zero-order chi connectivity index (χ0) is 15.1. The summed E-state index contributed by atoms with van der Waals surface area (Å²) in [6.07, 6.45) is 0. The van der Waals surface area contributed by atoms with Gasteiger partial charge in [-0.3, -0.25) is 4.79 Å². The first-order valence-electron chi connectivity index (χ1n) is 6.03. The number of benzene rings is 2. The summed E-state index contributed by atoms with van der Waals surface area (Å²) in [5.41, 5.74) is 7.04. The lowest BCUT2D eigenvalue weighted by molar-refractivity contribution is 0.0996. The zero-order valence-electron chi connectivity index (χ0n) is 10.6. The fourth-order valence-electron chi connectivity index (χ4n) is 2.23. The summed E-state index contributed by atoms with van der Waals surface area (Å²) in [5, 5.41) is 1.08. The predicted octanol–water partition coefficient (Wildman–Crippen LogP) is 3.87. The molecule has 1 heterocycles. The van der Waals surface area contributed by atoms with Crippen molar-refractivity contribution in [2.75, 3.05) is 0 Å². The van der Waals surface area contributed by atoms with Gasteiger partial charge in [0.05, 0.1) is 5.52 Å². The minimum atomic E-state index is -0.956. The van der Waals surface area contributed by atoms with E-state index in [1.54, 1.807) is 18.2 Å². The van der Waals surface area contributed by atoms with Crippen molar-refractivity contribution >= 4 is 28.4 Å². The number of rotatable bonds is 2. The Labute approximate surface area is 123 Å². The van der Waals surface area contributed by atoms with Gasteiger partial charge in [-0.2, -0.15) is 0 Å². The number of fused-ring (bicyclic) bond motifs is 1. The van der Waals surface area contributed by atoms with Crippen LogP contribution in [0.3, 0.4) is 0 Å². The van der Waals surface area contributed by atoms with Crippen LogP contribution in [0, 0.1) is 11.6 Å². The lowest BCUT2D eigenvalue weighted by Crippen LogP contribution is -2.10. The molecule has 6 heteroatoms. The Morgan fingerprint density at radius 2 is 1.86 bits per heavy atom. The Bertz CT molecular complexity index is 873. The predicted molar refractivity (Wildman–Crippen MR) is 77.2 cm³/mol. The number of hydrogen-bond donors (Lipinski definition) is 2. The molecule has 3 nitrogen and oxygen atoms in total. The number of aromatic amines is 1. The van der Waals surface area contributed by atoms with Crippen molar-refractivity contribution in [3.05, 3.63) is 58.7 Å². The second-order valence-electron chi connectivity index (χ2n) is 4.59. The summed E-state index contributed by atoms with van der Waals surface area (Å²) < 4.78 is 26.5. The van der Waals surface area contributed by atoms with Crippen molar-refractivity contribution in [1.82, 2.24) is 4.98 Å². The average Bonchev–Trinajstić information content (AvgIpc) is 2.85. The van der Waals surface area contributed by atoms with Crippen LogP contribution in [-0.4, -0.2) is 10.9 Å².